The average molecular weight is 367 g/mol. The average Bonchev–Trinajstić information content (AvgIpc) is 2.63. The van der Waals surface area contributed by atoms with E-state index in [2.05, 4.69) is 20.6 Å². The smallest absolute Gasteiger partial charge is 0.270 e. The molecule has 0 aliphatic heterocycles. The van der Waals surface area contributed by atoms with Crippen molar-refractivity contribution in [2.45, 2.75) is 20.4 Å². The summed E-state index contributed by atoms with van der Waals surface area (Å²) in [6.45, 7) is 4.40. The van der Waals surface area contributed by atoms with Crippen LogP contribution < -0.4 is 10.6 Å². The molecule has 0 unspecified atom stereocenters. The zero-order valence-electron chi connectivity index (χ0n) is 14.6. The molecule has 0 spiro atoms. The van der Waals surface area contributed by atoms with Gasteiger partial charge in [0.25, 0.3) is 5.91 Å². The van der Waals surface area contributed by atoms with Gasteiger partial charge < -0.3 is 10.6 Å². The molecule has 3 aromatic rings. The first kappa shape index (κ1) is 17.9. The molecule has 0 saturated heterocycles. The molecule has 2 aromatic carbocycles. The quantitative estimate of drug-likeness (QED) is 0.701. The third-order valence-electron chi connectivity index (χ3n) is 3.88. The number of aromatic nitrogens is 2. The molecule has 26 heavy (non-hydrogen) atoms. The second kappa shape index (κ2) is 7.97. The second-order valence-corrected chi connectivity index (χ2v) is 6.46. The predicted octanol–water partition coefficient (Wildman–Crippen LogP) is 4.42. The van der Waals surface area contributed by atoms with Gasteiger partial charge >= 0.3 is 0 Å². The maximum absolute atomic E-state index is 12.4. The molecule has 0 aliphatic rings. The summed E-state index contributed by atoms with van der Waals surface area (Å²) in [6.07, 6.45) is 1.36. The standard InChI is InChI=1S/C20H19ClN4O/c1-13-4-3-5-15(8-13)11-22-20(26)18-10-19(24-12-23-18)25-16-7-6-14(2)17(21)9-16/h3-10,12H,11H2,1-2H3,(H,22,26)(H,23,24,25). The van der Waals surface area contributed by atoms with E-state index < -0.39 is 0 Å². The first-order chi connectivity index (χ1) is 12.5. The normalized spacial score (nSPS) is 10.4. The third-order valence-corrected chi connectivity index (χ3v) is 4.29. The van der Waals surface area contributed by atoms with Crippen LogP contribution in [0.15, 0.2) is 54.9 Å². The molecular formula is C20H19ClN4O. The minimum absolute atomic E-state index is 0.251. The molecule has 1 aromatic heterocycles. The Balaban J connectivity index is 1.67. The van der Waals surface area contributed by atoms with Crippen LogP contribution in [0.25, 0.3) is 0 Å². The Kier molecular flexibility index (Phi) is 5.49. The minimum Gasteiger partial charge on any atom is -0.347 e. The molecule has 1 heterocycles. The SMILES string of the molecule is Cc1cccc(CNC(=O)c2cc(Nc3ccc(C)c(Cl)c3)ncn2)c1. The number of nitrogens with zero attached hydrogens (tertiary/aromatic N) is 2. The number of rotatable bonds is 5. The number of benzene rings is 2. The van der Waals surface area contributed by atoms with E-state index in [1.807, 2.05) is 56.3 Å². The van der Waals surface area contributed by atoms with Gasteiger partial charge in [-0.3, -0.25) is 4.79 Å². The minimum atomic E-state index is -0.251. The van der Waals surface area contributed by atoms with Crippen molar-refractivity contribution in [3.63, 3.8) is 0 Å². The van der Waals surface area contributed by atoms with Gasteiger partial charge in [0.2, 0.25) is 0 Å². The zero-order valence-corrected chi connectivity index (χ0v) is 15.3. The molecule has 0 aliphatic carbocycles. The number of anilines is 2. The van der Waals surface area contributed by atoms with Crippen molar-refractivity contribution in [2.24, 2.45) is 0 Å². The number of hydrogen-bond donors (Lipinski definition) is 2. The van der Waals surface area contributed by atoms with Crippen LogP contribution in [0.1, 0.15) is 27.2 Å². The number of carbonyl (C=O) groups excluding carboxylic acids is 1. The van der Waals surface area contributed by atoms with Gasteiger partial charge in [0.15, 0.2) is 0 Å². The Labute approximate surface area is 157 Å². The molecule has 132 valence electrons. The van der Waals surface area contributed by atoms with Crippen LogP contribution >= 0.6 is 11.6 Å². The van der Waals surface area contributed by atoms with Crippen LogP contribution in [0.3, 0.4) is 0 Å². The van der Waals surface area contributed by atoms with E-state index in [0.29, 0.717) is 23.1 Å². The number of carbonyl (C=O) groups is 1. The maximum atomic E-state index is 12.4. The summed E-state index contributed by atoms with van der Waals surface area (Å²) in [5.41, 5.74) is 4.29. The van der Waals surface area contributed by atoms with Crippen molar-refractivity contribution < 1.29 is 4.79 Å². The lowest BCUT2D eigenvalue weighted by Gasteiger charge is -2.09. The lowest BCUT2D eigenvalue weighted by atomic mass is 10.1. The van der Waals surface area contributed by atoms with Gasteiger partial charge in [0.05, 0.1) is 0 Å². The maximum Gasteiger partial charge on any atom is 0.270 e. The Hall–Kier alpha value is -2.92. The van der Waals surface area contributed by atoms with Crippen molar-refractivity contribution in [3.05, 3.63) is 82.3 Å². The van der Waals surface area contributed by atoms with E-state index in [-0.39, 0.29) is 5.91 Å². The van der Waals surface area contributed by atoms with Crippen molar-refractivity contribution in [3.8, 4) is 0 Å². The molecule has 0 radical (unpaired) electrons. The lowest BCUT2D eigenvalue weighted by Crippen LogP contribution is -2.24. The molecule has 6 heteroatoms. The zero-order chi connectivity index (χ0) is 18.5. The summed E-state index contributed by atoms with van der Waals surface area (Å²) in [5, 5.41) is 6.67. The Morgan fingerprint density at radius 1 is 1.08 bits per heavy atom. The first-order valence-corrected chi connectivity index (χ1v) is 8.58. The van der Waals surface area contributed by atoms with E-state index in [9.17, 15) is 4.79 Å². The number of hydrogen-bond acceptors (Lipinski definition) is 4. The number of amides is 1. The Morgan fingerprint density at radius 2 is 1.92 bits per heavy atom. The number of nitrogens with one attached hydrogen (secondary N) is 2. The van der Waals surface area contributed by atoms with Gasteiger partial charge in [-0.25, -0.2) is 9.97 Å². The van der Waals surface area contributed by atoms with Crippen molar-refractivity contribution in [1.82, 2.24) is 15.3 Å². The molecule has 3 rings (SSSR count). The summed E-state index contributed by atoms with van der Waals surface area (Å²) in [6, 6.07) is 15.2. The topological polar surface area (TPSA) is 66.9 Å². The van der Waals surface area contributed by atoms with E-state index in [1.54, 1.807) is 6.07 Å². The van der Waals surface area contributed by atoms with Crippen LogP contribution in [0.2, 0.25) is 5.02 Å². The molecule has 0 saturated carbocycles. The molecule has 0 fully saturated rings. The van der Waals surface area contributed by atoms with E-state index in [0.717, 1.165) is 22.4 Å². The highest BCUT2D eigenvalue weighted by Crippen LogP contribution is 2.22. The van der Waals surface area contributed by atoms with Crippen LogP contribution in [0, 0.1) is 13.8 Å². The third kappa shape index (κ3) is 4.58. The van der Waals surface area contributed by atoms with Crippen LogP contribution in [0.5, 0.6) is 0 Å². The summed E-state index contributed by atoms with van der Waals surface area (Å²) in [5.74, 6) is 0.277. The van der Waals surface area contributed by atoms with Crippen molar-refractivity contribution in [1.29, 1.82) is 0 Å². The molecular weight excluding hydrogens is 348 g/mol. The van der Waals surface area contributed by atoms with Gasteiger partial charge in [-0.1, -0.05) is 47.5 Å². The largest absolute Gasteiger partial charge is 0.347 e. The van der Waals surface area contributed by atoms with E-state index in [1.165, 1.54) is 6.33 Å². The molecule has 1 amide bonds. The monoisotopic (exact) mass is 366 g/mol. The fourth-order valence-electron chi connectivity index (χ4n) is 2.46. The van der Waals surface area contributed by atoms with Gasteiger partial charge in [-0.05, 0) is 37.1 Å². The highest BCUT2D eigenvalue weighted by atomic mass is 35.5. The molecule has 0 bridgehead atoms. The first-order valence-electron chi connectivity index (χ1n) is 8.20. The Bertz CT molecular complexity index is 943. The summed E-state index contributed by atoms with van der Waals surface area (Å²) in [4.78, 5) is 20.6. The van der Waals surface area contributed by atoms with Gasteiger partial charge in [-0.2, -0.15) is 0 Å². The Morgan fingerprint density at radius 3 is 2.69 bits per heavy atom. The molecule has 5 nitrogen and oxygen atoms in total. The molecule has 2 N–H and O–H groups in total. The number of aryl methyl sites for hydroxylation is 2. The van der Waals surface area contributed by atoms with Crippen LogP contribution in [-0.2, 0) is 6.54 Å². The molecule has 0 atom stereocenters. The predicted molar refractivity (Wildman–Crippen MR) is 104 cm³/mol. The highest BCUT2D eigenvalue weighted by molar-refractivity contribution is 6.31. The summed E-state index contributed by atoms with van der Waals surface area (Å²) in [7, 11) is 0. The van der Waals surface area contributed by atoms with Crippen LogP contribution in [-0.4, -0.2) is 15.9 Å². The second-order valence-electron chi connectivity index (χ2n) is 6.05. The summed E-state index contributed by atoms with van der Waals surface area (Å²) >= 11 is 6.14. The fourth-order valence-corrected chi connectivity index (χ4v) is 2.64. The van der Waals surface area contributed by atoms with E-state index in [4.69, 9.17) is 11.6 Å². The van der Waals surface area contributed by atoms with Crippen molar-refractivity contribution in [2.75, 3.05) is 5.32 Å². The fraction of sp³-hybridized carbons (Fsp3) is 0.150. The van der Waals surface area contributed by atoms with E-state index >= 15 is 0 Å². The van der Waals surface area contributed by atoms with Gasteiger partial charge in [-0.15, -0.1) is 0 Å². The van der Waals surface area contributed by atoms with Gasteiger partial charge in [0, 0.05) is 23.3 Å². The van der Waals surface area contributed by atoms with Gasteiger partial charge in [0.1, 0.15) is 17.8 Å². The lowest BCUT2D eigenvalue weighted by molar-refractivity contribution is 0.0946. The van der Waals surface area contributed by atoms with Crippen molar-refractivity contribution >= 4 is 29.0 Å². The van der Waals surface area contributed by atoms with Crippen LogP contribution in [0.4, 0.5) is 11.5 Å². The number of halogens is 1. The summed E-state index contributed by atoms with van der Waals surface area (Å²) < 4.78 is 0. The highest BCUT2D eigenvalue weighted by Gasteiger charge is 2.09.